The third-order valence-electron chi connectivity index (χ3n) is 5.45. The van der Waals surface area contributed by atoms with Crippen molar-refractivity contribution in [3.63, 3.8) is 0 Å². The van der Waals surface area contributed by atoms with E-state index in [-0.39, 0.29) is 10.8 Å². The standard InChI is InChI=1S/C23H26ClFN3O9PS/c1-5-18(29)23(28-9-8-19(30)26-22(28)33)20(31)17(36-23)11-34-38(39,27-13(4)21(32)35-12(2)3)37-14-6-7-16(25)15(24)10-14/h1,6-10,12-13,17-18,20,29,31H,11H2,2-4H3,(H,27,39)(H,26,30,33)/t13-,17+,18-,20+,23+,38?/m0/s1. The molecule has 0 spiro atoms. The lowest BCUT2D eigenvalue weighted by Crippen LogP contribution is -2.73. The normalized spacial score (nSPS) is 23.7. The van der Waals surface area contributed by atoms with Gasteiger partial charge in [0, 0.05) is 18.3 Å². The van der Waals surface area contributed by atoms with Crippen LogP contribution in [0.15, 0.2) is 40.1 Å². The first kappa shape index (κ1) is 30.9. The molecule has 3 rings (SSSR count). The lowest BCUT2D eigenvalue weighted by atomic mass is 9.88. The van der Waals surface area contributed by atoms with E-state index < -0.39 is 72.5 Å². The predicted molar refractivity (Wildman–Crippen MR) is 141 cm³/mol. The number of ether oxygens (including phenoxy) is 2. The van der Waals surface area contributed by atoms with E-state index in [4.69, 9.17) is 48.4 Å². The molecule has 0 aliphatic carbocycles. The number of carbonyl (C=O) groups excluding carboxylic acids is 1. The van der Waals surface area contributed by atoms with Gasteiger partial charge in [-0.1, -0.05) is 17.5 Å². The van der Waals surface area contributed by atoms with Gasteiger partial charge in [-0.15, -0.1) is 6.42 Å². The molecule has 4 N–H and O–H groups in total. The predicted octanol–water partition coefficient (Wildman–Crippen LogP) is 0.985. The number of esters is 1. The summed E-state index contributed by atoms with van der Waals surface area (Å²) in [5.74, 6) is 0.665. The second kappa shape index (κ2) is 12.3. The number of nitrogens with zero attached hydrogens (tertiary/aromatic N) is 1. The molecular weight excluding hydrogens is 580 g/mol. The largest absolute Gasteiger partial charge is 0.462 e. The first-order valence-corrected chi connectivity index (χ1v) is 14.4. The summed E-state index contributed by atoms with van der Waals surface area (Å²) in [5.41, 5.74) is -3.85. The van der Waals surface area contributed by atoms with E-state index in [0.29, 0.717) is 0 Å². The first-order chi connectivity index (χ1) is 18.2. The highest BCUT2D eigenvalue weighted by molar-refractivity contribution is 8.09. The second-order valence-corrected chi connectivity index (χ2v) is 12.2. The highest BCUT2D eigenvalue weighted by Gasteiger charge is 2.61. The average Bonchev–Trinajstić information content (AvgIpc) is 2.85. The van der Waals surface area contributed by atoms with Crippen molar-refractivity contribution in [2.24, 2.45) is 0 Å². The van der Waals surface area contributed by atoms with Crippen molar-refractivity contribution in [3.05, 3.63) is 62.1 Å². The molecule has 1 saturated heterocycles. The first-order valence-electron chi connectivity index (χ1n) is 11.4. The number of H-pyrrole nitrogens is 1. The second-order valence-electron chi connectivity index (χ2n) is 8.70. The number of aromatic amines is 1. The number of rotatable bonds is 11. The van der Waals surface area contributed by atoms with Gasteiger partial charge in [0.15, 0.2) is 6.10 Å². The number of halogens is 2. The van der Waals surface area contributed by atoms with Crippen LogP contribution in [0.4, 0.5) is 4.39 Å². The van der Waals surface area contributed by atoms with Gasteiger partial charge < -0.3 is 28.7 Å². The van der Waals surface area contributed by atoms with Crippen molar-refractivity contribution in [1.29, 1.82) is 0 Å². The van der Waals surface area contributed by atoms with Crippen LogP contribution in [-0.2, 0) is 36.3 Å². The Hall–Kier alpha value is -2.60. The van der Waals surface area contributed by atoms with Crippen molar-refractivity contribution in [2.75, 3.05) is 6.61 Å². The molecule has 1 aliphatic heterocycles. The monoisotopic (exact) mass is 605 g/mol. The van der Waals surface area contributed by atoms with E-state index in [0.717, 1.165) is 29.0 Å². The zero-order valence-corrected chi connectivity index (χ0v) is 23.3. The Kier molecular flexibility index (Phi) is 9.74. The van der Waals surface area contributed by atoms with E-state index in [9.17, 15) is 29.0 Å². The van der Waals surface area contributed by atoms with Gasteiger partial charge in [-0.05, 0) is 44.7 Å². The number of hydrogen-bond acceptors (Lipinski definition) is 10. The topological polar surface area (TPSA) is 161 Å². The van der Waals surface area contributed by atoms with E-state index >= 15 is 0 Å². The number of aliphatic hydroxyl groups is 2. The van der Waals surface area contributed by atoms with Crippen LogP contribution in [0.25, 0.3) is 0 Å². The van der Waals surface area contributed by atoms with Crippen molar-refractivity contribution in [2.45, 2.75) is 57.0 Å². The molecule has 6 atom stereocenters. The summed E-state index contributed by atoms with van der Waals surface area (Å²) in [6.07, 6.45) is 1.29. The summed E-state index contributed by atoms with van der Waals surface area (Å²) in [6.45, 7) is 0.655. The van der Waals surface area contributed by atoms with E-state index in [1.807, 2.05) is 10.9 Å². The summed E-state index contributed by atoms with van der Waals surface area (Å²) in [4.78, 5) is 38.2. The quantitative estimate of drug-likeness (QED) is 0.164. The molecule has 1 fully saturated rings. The van der Waals surface area contributed by atoms with Crippen LogP contribution < -0.4 is 20.9 Å². The Labute approximate surface area is 232 Å². The van der Waals surface area contributed by atoms with Crippen molar-refractivity contribution < 1.29 is 37.9 Å². The van der Waals surface area contributed by atoms with Gasteiger partial charge in [-0.3, -0.25) is 19.1 Å². The maximum Gasteiger partial charge on any atom is 0.330 e. The van der Waals surface area contributed by atoms with Crippen molar-refractivity contribution >= 4 is 36.0 Å². The molecule has 0 saturated carbocycles. The third kappa shape index (κ3) is 6.77. The van der Waals surface area contributed by atoms with E-state index in [1.54, 1.807) is 13.8 Å². The zero-order valence-electron chi connectivity index (χ0n) is 20.9. The Morgan fingerprint density at radius 1 is 1.41 bits per heavy atom. The Bertz CT molecular complexity index is 1430. The molecule has 16 heteroatoms. The molecular formula is C23H26ClFN3O9PS. The van der Waals surface area contributed by atoms with Crippen molar-refractivity contribution in [3.8, 4) is 18.1 Å². The molecule has 1 unspecified atom stereocenters. The third-order valence-corrected chi connectivity index (χ3v) is 8.24. The lowest BCUT2D eigenvalue weighted by molar-refractivity contribution is -0.361. The highest BCUT2D eigenvalue weighted by Crippen LogP contribution is 2.48. The summed E-state index contributed by atoms with van der Waals surface area (Å²) in [5, 5.41) is 23.9. The SMILES string of the molecule is C#C[C@H](O)[C@@]1(n2ccc(=O)[nH]c2=O)O[C@H](COP(=S)(N[C@@H](C)C(=O)OC(C)C)Oc2ccc(F)c(Cl)c2)[C@H]1O. The van der Waals surface area contributed by atoms with Gasteiger partial charge in [0.1, 0.15) is 29.8 Å². The maximum absolute atomic E-state index is 13.6. The van der Waals surface area contributed by atoms with Crippen LogP contribution >= 0.6 is 18.2 Å². The number of hydrogen-bond donors (Lipinski definition) is 4. The molecule has 1 aliphatic rings. The van der Waals surface area contributed by atoms with Crippen molar-refractivity contribution in [1.82, 2.24) is 14.6 Å². The molecule has 1 aromatic heterocycles. The summed E-state index contributed by atoms with van der Waals surface area (Å²) >= 11 is 11.4. The van der Waals surface area contributed by atoms with Crippen LogP contribution in [0.5, 0.6) is 5.75 Å². The zero-order chi connectivity index (χ0) is 29.1. The number of nitrogens with one attached hydrogen (secondary N) is 2. The van der Waals surface area contributed by atoms with Gasteiger partial charge in [-0.25, -0.2) is 14.3 Å². The molecule has 2 heterocycles. The van der Waals surface area contributed by atoms with Crippen LogP contribution in [0.2, 0.25) is 5.02 Å². The fraction of sp³-hybridized carbons (Fsp3) is 0.435. The lowest BCUT2D eigenvalue weighted by Gasteiger charge is -2.53. The Morgan fingerprint density at radius 3 is 2.67 bits per heavy atom. The summed E-state index contributed by atoms with van der Waals surface area (Å²) < 4.78 is 36.8. The van der Waals surface area contributed by atoms with Gasteiger partial charge in [0.2, 0.25) is 5.72 Å². The molecule has 212 valence electrons. The Morgan fingerprint density at radius 2 is 2.10 bits per heavy atom. The van der Waals surface area contributed by atoms with Gasteiger partial charge in [-0.2, -0.15) is 0 Å². The number of carbonyl (C=O) groups is 1. The fourth-order valence-corrected chi connectivity index (χ4v) is 6.20. The minimum absolute atomic E-state index is 0.0219. The minimum Gasteiger partial charge on any atom is -0.462 e. The average molecular weight is 606 g/mol. The van der Waals surface area contributed by atoms with E-state index in [1.165, 1.54) is 13.0 Å². The molecule has 2 aromatic rings. The van der Waals surface area contributed by atoms with Crippen LogP contribution in [0.1, 0.15) is 20.8 Å². The minimum atomic E-state index is -3.66. The fourth-order valence-electron chi connectivity index (χ4n) is 3.62. The maximum atomic E-state index is 13.6. The number of aromatic nitrogens is 2. The van der Waals surface area contributed by atoms with Gasteiger partial charge >= 0.3 is 18.3 Å². The van der Waals surface area contributed by atoms with Crippen LogP contribution in [-0.4, -0.2) is 62.8 Å². The molecule has 0 radical (unpaired) electrons. The molecule has 0 amide bonds. The van der Waals surface area contributed by atoms with Gasteiger partial charge in [0.25, 0.3) is 5.56 Å². The number of terminal acetylenes is 1. The van der Waals surface area contributed by atoms with E-state index in [2.05, 4.69) is 5.09 Å². The molecule has 39 heavy (non-hydrogen) atoms. The highest BCUT2D eigenvalue weighted by atomic mass is 35.5. The van der Waals surface area contributed by atoms with Crippen LogP contribution in [0.3, 0.4) is 0 Å². The smallest absolute Gasteiger partial charge is 0.330 e. The number of benzene rings is 1. The Balaban J connectivity index is 1.84. The number of aliphatic hydroxyl groups excluding tert-OH is 2. The van der Waals surface area contributed by atoms with Gasteiger partial charge in [0.05, 0.1) is 17.7 Å². The molecule has 0 bridgehead atoms. The molecule has 1 aromatic carbocycles. The van der Waals surface area contributed by atoms with Crippen LogP contribution in [0, 0.1) is 18.2 Å². The summed E-state index contributed by atoms with van der Waals surface area (Å²) in [6, 6.07) is 3.42. The molecule has 12 nitrogen and oxygen atoms in total. The summed E-state index contributed by atoms with van der Waals surface area (Å²) in [7, 11) is 0.